The second-order valence-electron chi connectivity index (χ2n) is 6.88. The molecule has 130 valence electrons. The Morgan fingerprint density at radius 1 is 1.16 bits per heavy atom. The summed E-state index contributed by atoms with van der Waals surface area (Å²) < 4.78 is 0. The Bertz CT molecular complexity index is 777. The van der Waals surface area contributed by atoms with E-state index in [9.17, 15) is 9.59 Å². The minimum absolute atomic E-state index is 0.0923. The van der Waals surface area contributed by atoms with E-state index in [1.54, 1.807) is 11.3 Å². The Balaban J connectivity index is 1.56. The first-order chi connectivity index (χ1) is 12.1. The van der Waals surface area contributed by atoms with Crippen LogP contribution in [0.1, 0.15) is 16.8 Å². The summed E-state index contributed by atoms with van der Waals surface area (Å²) in [6, 6.07) is 11.7. The second-order valence-corrected chi connectivity index (χ2v) is 7.66. The molecule has 25 heavy (non-hydrogen) atoms. The first kappa shape index (κ1) is 16.3. The Kier molecular flexibility index (Phi) is 4.09. The van der Waals surface area contributed by atoms with Crippen molar-refractivity contribution in [1.29, 1.82) is 0 Å². The van der Waals surface area contributed by atoms with Crippen molar-refractivity contribution in [2.24, 2.45) is 0 Å². The molecule has 2 aliphatic heterocycles. The van der Waals surface area contributed by atoms with Gasteiger partial charge < -0.3 is 9.80 Å². The van der Waals surface area contributed by atoms with E-state index in [4.69, 9.17) is 0 Å². The zero-order chi connectivity index (χ0) is 17.4. The van der Waals surface area contributed by atoms with Crippen LogP contribution in [0.4, 0.5) is 5.69 Å². The maximum Gasteiger partial charge on any atom is 0.254 e. The lowest BCUT2D eigenvalue weighted by Crippen LogP contribution is -2.64. The van der Waals surface area contributed by atoms with Gasteiger partial charge in [-0.1, -0.05) is 18.2 Å². The number of likely N-dealkylation sites (N-methyl/N-ethyl adjacent to an activating group) is 1. The van der Waals surface area contributed by atoms with Crippen molar-refractivity contribution in [3.8, 4) is 0 Å². The number of likely N-dealkylation sites (tertiary alicyclic amines) is 1. The molecule has 0 radical (unpaired) electrons. The molecule has 1 spiro atoms. The summed E-state index contributed by atoms with van der Waals surface area (Å²) in [4.78, 5) is 31.2. The van der Waals surface area contributed by atoms with Crippen molar-refractivity contribution in [3.05, 3.63) is 52.7 Å². The topological polar surface area (TPSA) is 43.9 Å². The fourth-order valence-electron chi connectivity index (χ4n) is 3.84. The van der Waals surface area contributed by atoms with Gasteiger partial charge in [-0.2, -0.15) is 11.3 Å². The maximum absolute atomic E-state index is 12.7. The number of thiophene rings is 1. The van der Waals surface area contributed by atoms with Crippen LogP contribution in [0, 0.1) is 0 Å². The largest absolute Gasteiger partial charge is 0.337 e. The number of amides is 2. The van der Waals surface area contributed by atoms with Crippen LogP contribution in [0.15, 0.2) is 47.2 Å². The van der Waals surface area contributed by atoms with E-state index in [-0.39, 0.29) is 17.4 Å². The standard InChI is InChI=1S/C19H21N3O2S/c1-20-11-17(23)22(16-5-3-2-4-6-16)14-19(20)8-9-21(13-19)18(24)15-7-10-25-12-15/h2-7,10,12H,8-9,11,13-14H2,1H3/t19-/m1/s1. The average molecular weight is 355 g/mol. The summed E-state index contributed by atoms with van der Waals surface area (Å²) in [6.45, 7) is 2.40. The molecule has 0 aliphatic carbocycles. The highest BCUT2D eigenvalue weighted by Gasteiger charge is 2.48. The molecule has 6 heteroatoms. The highest BCUT2D eigenvalue weighted by molar-refractivity contribution is 7.08. The van der Waals surface area contributed by atoms with Gasteiger partial charge in [0.25, 0.3) is 5.91 Å². The molecule has 2 fully saturated rings. The van der Waals surface area contributed by atoms with E-state index in [0.717, 1.165) is 24.2 Å². The summed E-state index contributed by atoms with van der Waals surface area (Å²) in [5, 5.41) is 3.83. The van der Waals surface area contributed by atoms with Crippen molar-refractivity contribution in [1.82, 2.24) is 9.80 Å². The number of hydrogen-bond acceptors (Lipinski definition) is 4. The normalized spacial score (nSPS) is 24.3. The fourth-order valence-corrected chi connectivity index (χ4v) is 4.47. The summed E-state index contributed by atoms with van der Waals surface area (Å²) in [7, 11) is 2.00. The molecule has 1 atom stereocenters. The van der Waals surface area contributed by atoms with Crippen LogP contribution in [-0.4, -0.2) is 60.4 Å². The molecule has 1 aromatic carbocycles. The summed E-state index contributed by atoms with van der Waals surface area (Å²) >= 11 is 1.54. The number of carbonyl (C=O) groups is 2. The molecule has 3 heterocycles. The third kappa shape index (κ3) is 2.85. The van der Waals surface area contributed by atoms with Crippen molar-refractivity contribution in [3.63, 3.8) is 0 Å². The van der Waals surface area contributed by atoms with Crippen molar-refractivity contribution >= 4 is 28.8 Å². The third-order valence-electron chi connectivity index (χ3n) is 5.39. The Morgan fingerprint density at radius 2 is 1.96 bits per heavy atom. The van der Waals surface area contributed by atoms with E-state index in [0.29, 0.717) is 19.6 Å². The molecule has 0 unspecified atom stereocenters. The molecular weight excluding hydrogens is 334 g/mol. The average Bonchev–Trinajstić information content (AvgIpc) is 3.30. The van der Waals surface area contributed by atoms with Crippen molar-refractivity contribution in [2.75, 3.05) is 38.1 Å². The maximum atomic E-state index is 12.7. The molecule has 2 aromatic rings. The minimum Gasteiger partial charge on any atom is -0.337 e. The van der Waals surface area contributed by atoms with Gasteiger partial charge >= 0.3 is 0 Å². The van der Waals surface area contributed by atoms with Crippen LogP contribution in [0.2, 0.25) is 0 Å². The molecular formula is C19H21N3O2S. The van der Waals surface area contributed by atoms with Crippen LogP contribution in [0.25, 0.3) is 0 Å². The molecule has 1 aromatic heterocycles. The predicted molar refractivity (Wildman–Crippen MR) is 99.0 cm³/mol. The number of benzene rings is 1. The summed E-state index contributed by atoms with van der Waals surface area (Å²) in [5.41, 5.74) is 1.52. The van der Waals surface area contributed by atoms with Crippen LogP contribution in [-0.2, 0) is 4.79 Å². The molecule has 2 aliphatic rings. The number of carbonyl (C=O) groups excluding carboxylic acids is 2. The number of para-hydroxylation sites is 1. The molecule has 0 bridgehead atoms. The van der Waals surface area contributed by atoms with Crippen LogP contribution in [0.5, 0.6) is 0 Å². The smallest absolute Gasteiger partial charge is 0.254 e. The Morgan fingerprint density at radius 3 is 2.68 bits per heavy atom. The van der Waals surface area contributed by atoms with E-state index < -0.39 is 0 Å². The Labute approximate surface area is 151 Å². The van der Waals surface area contributed by atoms with E-state index in [1.807, 2.05) is 64.0 Å². The number of rotatable bonds is 2. The first-order valence-corrected chi connectivity index (χ1v) is 9.41. The van der Waals surface area contributed by atoms with Crippen LogP contribution < -0.4 is 4.90 Å². The fraction of sp³-hybridized carbons (Fsp3) is 0.368. The molecule has 2 amide bonds. The number of anilines is 1. The summed E-state index contributed by atoms with van der Waals surface area (Å²) in [5.74, 6) is 0.205. The monoisotopic (exact) mass is 355 g/mol. The highest BCUT2D eigenvalue weighted by atomic mass is 32.1. The van der Waals surface area contributed by atoms with Gasteiger partial charge in [-0.25, -0.2) is 0 Å². The van der Waals surface area contributed by atoms with Crippen molar-refractivity contribution < 1.29 is 9.59 Å². The molecule has 4 rings (SSSR count). The third-order valence-corrected chi connectivity index (χ3v) is 6.07. The number of piperazine rings is 1. The van der Waals surface area contributed by atoms with Gasteiger partial charge in [0, 0.05) is 30.7 Å². The van der Waals surface area contributed by atoms with Gasteiger partial charge in [0.1, 0.15) is 0 Å². The van der Waals surface area contributed by atoms with Gasteiger partial charge in [-0.3, -0.25) is 14.5 Å². The zero-order valence-corrected chi connectivity index (χ0v) is 15.0. The van der Waals surface area contributed by atoms with E-state index in [1.165, 1.54) is 0 Å². The van der Waals surface area contributed by atoms with Gasteiger partial charge in [0.15, 0.2) is 0 Å². The number of hydrogen-bond donors (Lipinski definition) is 0. The van der Waals surface area contributed by atoms with E-state index >= 15 is 0 Å². The lowest BCUT2D eigenvalue weighted by Gasteiger charge is -2.46. The van der Waals surface area contributed by atoms with Crippen molar-refractivity contribution in [2.45, 2.75) is 12.0 Å². The summed E-state index contributed by atoms with van der Waals surface area (Å²) in [6.07, 6.45) is 0.885. The molecule has 0 saturated carbocycles. The zero-order valence-electron chi connectivity index (χ0n) is 14.2. The SMILES string of the molecule is CN1CC(=O)N(c2ccccc2)C[C@]12CCN(C(=O)c1ccsc1)C2. The Hall–Kier alpha value is -2.18. The predicted octanol–water partition coefficient (Wildman–Crippen LogP) is 2.31. The van der Waals surface area contributed by atoms with Crippen LogP contribution >= 0.6 is 11.3 Å². The first-order valence-electron chi connectivity index (χ1n) is 8.47. The quantitative estimate of drug-likeness (QED) is 0.830. The molecule has 0 N–H and O–H groups in total. The highest BCUT2D eigenvalue weighted by Crippen LogP contribution is 2.34. The molecule has 5 nitrogen and oxygen atoms in total. The van der Waals surface area contributed by atoms with E-state index in [2.05, 4.69) is 4.90 Å². The van der Waals surface area contributed by atoms with Gasteiger partial charge in [-0.05, 0) is 37.0 Å². The minimum atomic E-state index is -0.171. The van der Waals surface area contributed by atoms with Gasteiger partial charge in [0.05, 0.1) is 17.6 Å². The van der Waals surface area contributed by atoms with Gasteiger partial charge in [-0.15, -0.1) is 0 Å². The lowest BCUT2D eigenvalue weighted by atomic mass is 9.92. The lowest BCUT2D eigenvalue weighted by molar-refractivity contribution is -0.123. The number of nitrogens with zero attached hydrogens (tertiary/aromatic N) is 3. The van der Waals surface area contributed by atoms with Crippen LogP contribution in [0.3, 0.4) is 0 Å². The molecule has 2 saturated heterocycles. The van der Waals surface area contributed by atoms with Gasteiger partial charge in [0.2, 0.25) is 5.91 Å². The second kappa shape index (κ2) is 6.28.